The second-order valence-corrected chi connectivity index (χ2v) is 3.44. The number of halogens is 1. The van der Waals surface area contributed by atoms with E-state index in [1.54, 1.807) is 6.92 Å². The van der Waals surface area contributed by atoms with Crippen molar-refractivity contribution in [2.45, 2.75) is 13.8 Å². The maximum absolute atomic E-state index is 13.0. The number of benzene rings is 1. The van der Waals surface area contributed by atoms with Gasteiger partial charge in [0.1, 0.15) is 11.6 Å². The van der Waals surface area contributed by atoms with E-state index < -0.39 is 5.82 Å². The summed E-state index contributed by atoms with van der Waals surface area (Å²) in [6.45, 7) is 3.38. The second kappa shape index (κ2) is 5.98. The van der Waals surface area contributed by atoms with Crippen LogP contribution in [-0.4, -0.2) is 24.8 Å². The van der Waals surface area contributed by atoms with Crippen molar-refractivity contribution in [2.24, 2.45) is 0 Å². The third-order valence-electron chi connectivity index (χ3n) is 2.06. The molecule has 0 unspecified atom stereocenters. The van der Waals surface area contributed by atoms with E-state index >= 15 is 0 Å². The first-order chi connectivity index (χ1) is 8.04. The lowest BCUT2D eigenvalue weighted by atomic mass is 10.1. The van der Waals surface area contributed by atoms with Gasteiger partial charge >= 0.3 is 0 Å². The zero-order chi connectivity index (χ0) is 12.8. The summed E-state index contributed by atoms with van der Waals surface area (Å²) in [4.78, 5) is 22.4. The van der Waals surface area contributed by atoms with Crippen molar-refractivity contribution in [1.29, 1.82) is 0 Å². The zero-order valence-electron chi connectivity index (χ0n) is 9.75. The molecule has 1 N–H and O–H groups in total. The van der Waals surface area contributed by atoms with Crippen LogP contribution in [0, 0.1) is 5.82 Å². The average molecular weight is 239 g/mol. The van der Waals surface area contributed by atoms with Crippen molar-refractivity contribution in [3.63, 3.8) is 0 Å². The minimum absolute atomic E-state index is 0.0868. The van der Waals surface area contributed by atoms with Gasteiger partial charge in [0, 0.05) is 12.6 Å². The molecule has 1 rings (SSSR count). The Morgan fingerprint density at radius 2 is 2.12 bits per heavy atom. The summed E-state index contributed by atoms with van der Waals surface area (Å²) in [7, 11) is 0. The van der Waals surface area contributed by atoms with Crippen molar-refractivity contribution in [3.8, 4) is 5.75 Å². The standard InChI is InChI=1S/C12H14FNO3/c1-3-14-12(16)7-17-11-6-9(13)4-5-10(11)8(2)15/h4-6H,3,7H2,1-2H3,(H,14,16). The Bertz CT molecular complexity index is 432. The fourth-order valence-electron chi connectivity index (χ4n) is 1.30. The minimum Gasteiger partial charge on any atom is -0.483 e. The van der Waals surface area contributed by atoms with E-state index in [-0.39, 0.29) is 29.6 Å². The largest absolute Gasteiger partial charge is 0.483 e. The Hall–Kier alpha value is -1.91. The van der Waals surface area contributed by atoms with Crippen LogP contribution in [0.1, 0.15) is 24.2 Å². The van der Waals surface area contributed by atoms with E-state index in [0.717, 1.165) is 6.07 Å². The first kappa shape index (κ1) is 13.2. The molecule has 1 amide bonds. The second-order valence-electron chi connectivity index (χ2n) is 3.44. The monoisotopic (exact) mass is 239 g/mol. The van der Waals surface area contributed by atoms with Crippen LogP contribution in [0.15, 0.2) is 18.2 Å². The molecule has 0 aromatic heterocycles. The highest BCUT2D eigenvalue weighted by Gasteiger charge is 2.11. The molecule has 0 radical (unpaired) electrons. The van der Waals surface area contributed by atoms with Gasteiger partial charge in [0.2, 0.25) is 0 Å². The van der Waals surface area contributed by atoms with Gasteiger partial charge in [0.15, 0.2) is 12.4 Å². The van der Waals surface area contributed by atoms with Crippen LogP contribution in [-0.2, 0) is 4.79 Å². The quantitative estimate of drug-likeness (QED) is 0.793. The zero-order valence-corrected chi connectivity index (χ0v) is 9.75. The highest BCUT2D eigenvalue weighted by atomic mass is 19.1. The predicted octanol–water partition coefficient (Wildman–Crippen LogP) is 1.54. The maximum atomic E-state index is 13.0. The maximum Gasteiger partial charge on any atom is 0.257 e. The van der Waals surface area contributed by atoms with Gasteiger partial charge in [-0.1, -0.05) is 0 Å². The number of likely N-dealkylation sites (N-methyl/N-ethyl adjacent to an activating group) is 1. The van der Waals surface area contributed by atoms with Crippen LogP contribution in [0.3, 0.4) is 0 Å². The molecule has 0 heterocycles. The highest BCUT2D eigenvalue weighted by Crippen LogP contribution is 2.20. The van der Waals surface area contributed by atoms with E-state index in [0.29, 0.717) is 6.54 Å². The molecule has 92 valence electrons. The van der Waals surface area contributed by atoms with Crippen molar-refractivity contribution >= 4 is 11.7 Å². The lowest BCUT2D eigenvalue weighted by Gasteiger charge is -2.09. The molecule has 0 spiro atoms. The molecule has 0 aliphatic rings. The molecular weight excluding hydrogens is 225 g/mol. The molecule has 0 saturated carbocycles. The first-order valence-electron chi connectivity index (χ1n) is 5.24. The lowest BCUT2D eigenvalue weighted by molar-refractivity contribution is -0.123. The summed E-state index contributed by atoms with van der Waals surface area (Å²) in [6.07, 6.45) is 0. The van der Waals surface area contributed by atoms with Crippen molar-refractivity contribution in [1.82, 2.24) is 5.32 Å². The van der Waals surface area contributed by atoms with Crippen LogP contribution in [0.4, 0.5) is 4.39 Å². The van der Waals surface area contributed by atoms with Crippen LogP contribution in [0.5, 0.6) is 5.75 Å². The summed E-state index contributed by atoms with van der Waals surface area (Å²) in [5, 5.41) is 2.54. The number of hydrogen-bond donors (Lipinski definition) is 1. The fraction of sp³-hybridized carbons (Fsp3) is 0.333. The molecule has 1 aromatic rings. The average Bonchev–Trinajstić information content (AvgIpc) is 2.26. The number of hydrogen-bond acceptors (Lipinski definition) is 3. The Morgan fingerprint density at radius 3 is 2.71 bits per heavy atom. The van der Waals surface area contributed by atoms with Crippen LogP contribution >= 0.6 is 0 Å². The van der Waals surface area contributed by atoms with Gasteiger partial charge in [-0.15, -0.1) is 0 Å². The number of Topliss-reactive ketones (excluding diaryl/α,β-unsaturated/α-hetero) is 1. The smallest absolute Gasteiger partial charge is 0.257 e. The summed E-state index contributed by atoms with van der Waals surface area (Å²) in [5.74, 6) is -0.980. The van der Waals surface area contributed by atoms with E-state index in [1.165, 1.54) is 19.1 Å². The van der Waals surface area contributed by atoms with E-state index in [2.05, 4.69) is 5.32 Å². The SMILES string of the molecule is CCNC(=O)COc1cc(F)ccc1C(C)=O. The summed E-state index contributed by atoms with van der Waals surface area (Å²) < 4.78 is 18.1. The first-order valence-corrected chi connectivity index (χ1v) is 5.24. The van der Waals surface area contributed by atoms with Crippen molar-refractivity contribution in [3.05, 3.63) is 29.6 Å². The summed E-state index contributed by atoms with van der Waals surface area (Å²) in [6, 6.07) is 3.61. The Kier molecular flexibility index (Phi) is 4.63. The fourth-order valence-corrected chi connectivity index (χ4v) is 1.30. The van der Waals surface area contributed by atoms with Gasteiger partial charge in [-0.2, -0.15) is 0 Å². The van der Waals surface area contributed by atoms with Gasteiger partial charge in [-0.3, -0.25) is 9.59 Å². The number of rotatable bonds is 5. The summed E-state index contributed by atoms with van der Waals surface area (Å²) >= 11 is 0. The number of nitrogens with one attached hydrogen (secondary N) is 1. The molecule has 0 saturated heterocycles. The number of carbonyl (C=O) groups is 2. The van der Waals surface area contributed by atoms with Gasteiger partial charge < -0.3 is 10.1 Å². The molecule has 1 aromatic carbocycles. The van der Waals surface area contributed by atoms with Crippen LogP contribution < -0.4 is 10.1 Å². The van der Waals surface area contributed by atoms with Gasteiger partial charge in [0.05, 0.1) is 5.56 Å². The van der Waals surface area contributed by atoms with Crippen molar-refractivity contribution in [2.75, 3.05) is 13.2 Å². The summed E-state index contributed by atoms with van der Waals surface area (Å²) in [5.41, 5.74) is 0.260. The predicted molar refractivity (Wildman–Crippen MR) is 60.6 cm³/mol. The number of amides is 1. The molecule has 0 aliphatic carbocycles. The molecule has 0 aliphatic heterocycles. The highest BCUT2D eigenvalue weighted by molar-refractivity contribution is 5.96. The molecule has 0 bridgehead atoms. The van der Waals surface area contributed by atoms with Gasteiger partial charge in [-0.25, -0.2) is 4.39 Å². The van der Waals surface area contributed by atoms with Crippen LogP contribution in [0.2, 0.25) is 0 Å². The molecule has 4 nitrogen and oxygen atoms in total. The number of carbonyl (C=O) groups excluding carboxylic acids is 2. The molecule has 17 heavy (non-hydrogen) atoms. The van der Waals surface area contributed by atoms with E-state index in [4.69, 9.17) is 4.74 Å². The van der Waals surface area contributed by atoms with Crippen LogP contribution in [0.25, 0.3) is 0 Å². The Morgan fingerprint density at radius 1 is 1.41 bits per heavy atom. The number of ether oxygens (including phenoxy) is 1. The minimum atomic E-state index is -0.513. The third kappa shape index (κ3) is 3.86. The van der Waals surface area contributed by atoms with Gasteiger partial charge in [-0.05, 0) is 26.0 Å². The Labute approximate surface area is 98.8 Å². The Balaban J connectivity index is 2.78. The number of ketones is 1. The van der Waals surface area contributed by atoms with Gasteiger partial charge in [0.25, 0.3) is 5.91 Å². The molecular formula is C12H14FNO3. The molecule has 0 fully saturated rings. The van der Waals surface area contributed by atoms with E-state index in [1.807, 2.05) is 0 Å². The van der Waals surface area contributed by atoms with Crippen molar-refractivity contribution < 1.29 is 18.7 Å². The van der Waals surface area contributed by atoms with E-state index in [9.17, 15) is 14.0 Å². The lowest BCUT2D eigenvalue weighted by Crippen LogP contribution is -2.28. The third-order valence-corrected chi connectivity index (χ3v) is 2.06. The normalized spacial score (nSPS) is 9.82. The topological polar surface area (TPSA) is 55.4 Å². The molecule has 0 atom stereocenters. The molecule has 5 heteroatoms.